The van der Waals surface area contributed by atoms with Gasteiger partial charge in [0.05, 0.1) is 23.6 Å². The quantitative estimate of drug-likeness (QED) is 0.510. The minimum absolute atomic E-state index is 0.0380. The summed E-state index contributed by atoms with van der Waals surface area (Å²) in [7, 11) is 5.58. The van der Waals surface area contributed by atoms with Crippen molar-refractivity contribution in [3.05, 3.63) is 17.2 Å². The van der Waals surface area contributed by atoms with E-state index in [1.54, 1.807) is 12.0 Å². The SMILES string of the molecule is CO[C@@H]1C[C@@H](COc2nc(N(C)[C@@H]3CCN(C(=O)OC(C)(C)C)[C@@H]3C)c3cnc(Cl)c(F)c3n2)N(C)C1. The number of likely N-dealkylation sites (N-methyl/N-ethyl adjacent to an activating group) is 2. The Kier molecular flexibility index (Phi) is 7.96. The van der Waals surface area contributed by atoms with Crippen LogP contribution in [0.2, 0.25) is 5.15 Å². The van der Waals surface area contributed by atoms with Gasteiger partial charge in [-0.15, -0.1) is 0 Å². The summed E-state index contributed by atoms with van der Waals surface area (Å²) in [6.45, 7) is 9.17. The van der Waals surface area contributed by atoms with Crippen LogP contribution in [0.5, 0.6) is 6.01 Å². The lowest BCUT2D eigenvalue weighted by Gasteiger charge is -2.33. The Bertz CT molecular complexity index is 1150. The lowest BCUT2D eigenvalue weighted by Crippen LogP contribution is -2.45. The first-order chi connectivity index (χ1) is 17.4. The molecule has 2 fully saturated rings. The van der Waals surface area contributed by atoms with Crippen molar-refractivity contribution in [2.24, 2.45) is 0 Å². The molecule has 2 aliphatic rings. The van der Waals surface area contributed by atoms with E-state index in [0.29, 0.717) is 30.8 Å². The number of carbonyl (C=O) groups is 1. The Morgan fingerprint density at radius 1 is 1.32 bits per heavy atom. The van der Waals surface area contributed by atoms with Gasteiger partial charge in [-0.05, 0) is 47.6 Å². The molecule has 2 saturated heterocycles. The molecule has 0 N–H and O–H groups in total. The molecule has 2 aromatic heterocycles. The van der Waals surface area contributed by atoms with Gasteiger partial charge in [-0.1, -0.05) is 11.6 Å². The molecule has 4 atom stereocenters. The van der Waals surface area contributed by atoms with Crippen molar-refractivity contribution in [1.82, 2.24) is 24.8 Å². The molecule has 0 unspecified atom stereocenters. The van der Waals surface area contributed by atoms with Crippen molar-refractivity contribution in [3.8, 4) is 6.01 Å². The van der Waals surface area contributed by atoms with Crippen LogP contribution < -0.4 is 9.64 Å². The van der Waals surface area contributed by atoms with Crippen LogP contribution >= 0.6 is 11.6 Å². The molecule has 2 aromatic rings. The summed E-state index contributed by atoms with van der Waals surface area (Å²) in [5.74, 6) is -0.270. The molecule has 0 spiro atoms. The third-order valence-electron chi connectivity index (χ3n) is 7.16. The predicted octanol–water partition coefficient (Wildman–Crippen LogP) is 3.75. The molecular weight excluding hydrogens is 503 g/mol. The molecule has 204 valence electrons. The first kappa shape index (κ1) is 27.5. The summed E-state index contributed by atoms with van der Waals surface area (Å²) in [5, 5.41) is 0.145. The van der Waals surface area contributed by atoms with Crippen LogP contribution in [0.25, 0.3) is 10.9 Å². The number of nitrogens with zero attached hydrogens (tertiary/aromatic N) is 6. The molecule has 0 saturated carbocycles. The number of aromatic nitrogens is 3. The summed E-state index contributed by atoms with van der Waals surface area (Å²) in [6, 6.07) is -0.0916. The van der Waals surface area contributed by atoms with E-state index in [1.165, 1.54) is 6.20 Å². The number of hydrogen-bond acceptors (Lipinski definition) is 9. The van der Waals surface area contributed by atoms with Crippen LogP contribution in [0.15, 0.2) is 6.20 Å². The summed E-state index contributed by atoms with van der Waals surface area (Å²) >= 11 is 5.98. The molecular formula is C25H36ClFN6O4. The van der Waals surface area contributed by atoms with Gasteiger partial charge in [-0.2, -0.15) is 9.97 Å². The van der Waals surface area contributed by atoms with Crippen molar-refractivity contribution in [2.45, 2.75) is 70.4 Å². The number of likely N-dealkylation sites (tertiary alicyclic amines) is 2. The van der Waals surface area contributed by atoms with E-state index in [0.717, 1.165) is 13.0 Å². The molecule has 10 nitrogen and oxygen atoms in total. The molecule has 1 amide bonds. The van der Waals surface area contributed by atoms with Gasteiger partial charge in [0.25, 0.3) is 0 Å². The molecule has 0 bridgehead atoms. The van der Waals surface area contributed by atoms with Gasteiger partial charge >= 0.3 is 12.1 Å². The molecule has 2 aliphatic heterocycles. The number of rotatable bonds is 6. The maximum atomic E-state index is 15.0. The number of carbonyl (C=O) groups excluding carboxylic acids is 1. The number of anilines is 1. The average Bonchev–Trinajstić information content (AvgIpc) is 3.40. The van der Waals surface area contributed by atoms with Crippen molar-refractivity contribution >= 4 is 34.4 Å². The van der Waals surface area contributed by atoms with Crippen molar-refractivity contribution in [1.29, 1.82) is 0 Å². The maximum absolute atomic E-state index is 15.0. The van der Waals surface area contributed by atoms with E-state index in [9.17, 15) is 4.79 Å². The van der Waals surface area contributed by atoms with Crippen LogP contribution in [-0.2, 0) is 9.47 Å². The zero-order valence-electron chi connectivity index (χ0n) is 22.5. The first-order valence-electron chi connectivity index (χ1n) is 12.5. The van der Waals surface area contributed by atoms with Gasteiger partial charge in [-0.3, -0.25) is 4.90 Å². The third-order valence-corrected chi connectivity index (χ3v) is 7.43. The smallest absolute Gasteiger partial charge is 0.410 e. The zero-order valence-corrected chi connectivity index (χ0v) is 23.3. The Morgan fingerprint density at radius 3 is 2.70 bits per heavy atom. The van der Waals surface area contributed by atoms with Crippen LogP contribution in [0.3, 0.4) is 0 Å². The highest BCUT2D eigenvalue weighted by molar-refractivity contribution is 6.30. The van der Waals surface area contributed by atoms with E-state index in [4.69, 9.17) is 25.8 Å². The topological polar surface area (TPSA) is 93.2 Å². The van der Waals surface area contributed by atoms with E-state index in [1.807, 2.05) is 46.7 Å². The van der Waals surface area contributed by atoms with Crippen molar-refractivity contribution in [3.63, 3.8) is 0 Å². The largest absolute Gasteiger partial charge is 0.462 e. The average molecular weight is 539 g/mol. The Morgan fingerprint density at radius 2 is 2.05 bits per heavy atom. The summed E-state index contributed by atoms with van der Waals surface area (Å²) in [5.41, 5.74) is -0.550. The predicted molar refractivity (Wildman–Crippen MR) is 139 cm³/mol. The number of halogens is 2. The highest BCUT2D eigenvalue weighted by Crippen LogP contribution is 2.34. The van der Waals surface area contributed by atoms with E-state index in [-0.39, 0.29) is 47.0 Å². The van der Waals surface area contributed by atoms with Gasteiger partial charge in [0.15, 0.2) is 11.0 Å². The number of methoxy groups -OCH3 is 1. The fraction of sp³-hybridized carbons (Fsp3) is 0.680. The first-order valence-corrected chi connectivity index (χ1v) is 12.9. The fourth-order valence-electron chi connectivity index (χ4n) is 5.07. The van der Waals surface area contributed by atoms with Gasteiger partial charge in [0.1, 0.15) is 23.5 Å². The van der Waals surface area contributed by atoms with Crippen LogP contribution in [0.1, 0.15) is 40.5 Å². The highest BCUT2D eigenvalue weighted by atomic mass is 35.5. The third kappa shape index (κ3) is 5.83. The second-order valence-electron chi connectivity index (χ2n) is 10.8. The number of amides is 1. The van der Waals surface area contributed by atoms with E-state index in [2.05, 4.69) is 19.9 Å². The van der Waals surface area contributed by atoms with Gasteiger partial charge < -0.3 is 24.0 Å². The number of fused-ring (bicyclic) bond motifs is 1. The monoisotopic (exact) mass is 538 g/mol. The molecule has 12 heteroatoms. The summed E-state index contributed by atoms with van der Waals surface area (Å²) in [6.07, 6.45) is 2.75. The highest BCUT2D eigenvalue weighted by Gasteiger charge is 2.39. The van der Waals surface area contributed by atoms with Crippen LogP contribution in [-0.4, -0.2) is 102 Å². The normalized spacial score (nSPS) is 24.6. The number of pyridine rings is 1. The van der Waals surface area contributed by atoms with Gasteiger partial charge in [0, 0.05) is 39.5 Å². The standard InChI is InChI=1S/C25H36ClFN6O4/c1-14-18(8-9-33(14)24(34)37-25(2,3)4)32(6)22-17-11-28-21(26)19(27)20(17)29-23(30-22)36-13-15-10-16(35-7)12-31(15)5/h11,14-16,18H,8-10,12-13H2,1-7H3/t14-,15+,16-,18-/m1/s1. The fourth-order valence-corrected chi connectivity index (χ4v) is 5.21. The van der Waals surface area contributed by atoms with Gasteiger partial charge in [0.2, 0.25) is 0 Å². The second kappa shape index (κ2) is 10.7. The van der Waals surface area contributed by atoms with Gasteiger partial charge in [-0.25, -0.2) is 14.2 Å². The minimum atomic E-state index is -0.728. The Labute approximate surface area is 222 Å². The molecule has 0 aromatic carbocycles. The molecule has 0 aliphatic carbocycles. The van der Waals surface area contributed by atoms with E-state index >= 15 is 4.39 Å². The molecule has 37 heavy (non-hydrogen) atoms. The molecule has 4 heterocycles. The second-order valence-corrected chi connectivity index (χ2v) is 11.2. The van der Waals surface area contributed by atoms with E-state index < -0.39 is 11.4 Å². The van der Waals surface area contributed by atoms with Crippen LogP contribution in [0.4, 0.5) is 15.0 Å². The Hall–Kier alpha value is -2.50. The summed E-state index contributed by atoms with van der Waals surface area (Å²) < 4.78 is 32.1. The molecule has 4 rings (SSSR count). The van der Waals surface area contributed by atoms with Crippen molar-refractivity contribution in [2.75, 3.05) is 45.8 Å². The maximum Gasteiger partial charge on any atom is 0.410 e. The number of ether oxygens (including phenoxy) is 3. The van der Waals surface area contributed by atoms with Crippen LogP contribution in [0, 0.1) is 5.82 Å². The molecule has 0 radical (unpaired) electrons. The number of hydrogen-bond donors (Lipinski definition) is 0. The summed E-state index contributed by atoms with van der Waals surface area (Å²) in [4.78, 5) is 31.6. The lowest BCUT2D eigenvalue weighted by atomic mass is 10.1. The zero-order chi connectivity index (χ0) is 27.1. The minimum Gasteiger partial charge on any atom is -0.462 e. The van der Waals surface area contributed by atoms with Crippen molar-refractivity contribution < 1.29 is 23.4 Å². The Balaban J connectivity index is 1.61. The lowest BCUT2D eigenvalue weighted by molar-refractivity contribution is 0.0233.